The molecule has 8 heteroatoms. The van der Waals surface area contributed by atoms with Gasteiger partial charge < -0.3 is 9.47 Å². The van der Waals surface area contributed by atoms with Crippen molar-refractivity contribution in [2.45, 2.75) is 6.18 Å². The van der Waals surface area contributed by atoms with Crippen LogP contribution in [0.5, 0.6) is 17.4 Å². The molecule has 0 saturated heterocycles. The molecule has 0 aliphatic heterocycles. The predicted molar refractivity (Wildman–Crippen MR) is 70.0 cm³/mol. The van der Waals surface area contributed by atoms with Crippen molar-refractivity contribution in [1.29, 1.82) is 0 Å². The zero-order valence-electron chi connectivity index (χ0n) is 10.5. The number of hydrogen-bond acceptors (Lipinski definition) is 3. The van der Waals surface area contributed by atoms with Gasteiger partial charge in [-0.15, -0.1) is 0 Å². The van der Waals surface area contributed by atoms with Crippen molar-refractivity contribution in [1.82, 2.24) is 4.98 Å². The normalized spacial score (nSPS) is 11.3. The van der Waals surface area contributed by atoms with E-state index < -0.39 is 23.3 Å². The zero-order chi connectivity index (χ0) is 15.6. The van der Waals surface area contributed by atoms with E-state index in [0.29, 0.717) is 4.60 Å². The Morgan fingerprint density at radius 3 is 2.48 bits per heavy atom. The maximum Gasteiger partial charge on any atom is 0.419 e. The third-order valence-corrected chi connectivity index (χ3v) is 2.91. The Labute approximate surface area is 125 Å². The summed E-state index contributed by atoms with van der Waals surface area (Å²) < 4.78 is 61.8. The standard InChI is InChI=1S/C13H8BrF4NO2/c1-20-10-6-7(2-3-8(10)13(16,17)18)21-12-9(15)4-5-11(14)19-12/h2-6H,1H3. The Morgan fingerprint density at radius 1 is 1.14 bits per heavy atom. The van der Waals surface area contributed by atoms with E-state index in [4.69, 9.17) is 4.74 Å². The Kier molecular flexibility index (Phi) is 4.36. The zero-order valence-corrected chi connectivity index (χ0v) is 12.1. The van der Waals surface area contributed by atoms with E-state index in [9.17, 15) is 17.6 Å². The molecular formula is C13H8BrF4NO2. The number of hydrogen-bond donors (Lipinski definition) is 0. The van der Waals surface area contributed by atoms with E-state index in [1.54, 1.807) is 0 Å². The maximum atomic E-state index is 13.5. The van der Waals surface area contributed by atoms with Gasteiger partial charge in [0.25, 0.3) is 5.88 Å². The molecule has 21 heavy (non-hydrogen) atoms. The number of nitrogens with zero attached hydrogens (tertiary/aromatic N) is 1. The molecule has 3 nitrogen and oxygen atoms in total. The van der Waals surface area contributed by atoms with Gasteiger partial charge in [0.1, 0.15) is 16.1 Å². The molecule has 2 rings (SSSR count). The molecule has 1 aromatic carbocycles. The Balaban J connectivity index is 2.36. The lowest BCUT2D eigenvalue weighted by molar-refractivity contribution is -0.138. The molecule has 0 radical (unpaired) electrons. The number of methoxy groups -OCH3 is 1. The summed E-state index contributed by atoms with van der Waals surface area (Å²) >= 11 is 3.04. The van der Waals surface area contributed by atoms with Crippen LogP contribution in [0, 0.1) is 5.82 Å². The van der Waals surface area contributed by atoms with Gasteiger partial charge in [-0.25, -0.2) is 9.37 Å². The molecule has 0 spiro atoms. The summed E-state index contributed by atoms with van der Waals surface area (Å²) in [5.41, 5.74) is -0.944. The van der Waals surface area contributed by atoms with Crippen LogP contribution in [0.3, 0.4) is 0 Å². The van der Waals surface area contributed by atoms with E-state index in [2.05, 4.69) is 25.7 Å². The Bertz CT molecular complexity index is 661. The van der Waals surface area contributed by atoms with Gasteiger partial charge in [0, 0.05) is 6.07 Å². The number of alkyl halides is 3. The quantitative estimate of drug-likeness (QED) is 0.578. The van der Waals surface area contributed by atoms with Gasteiger partial charge in [0.15, 0.2) is 5.82 Å². The molecule has 0 aliphatic carbocycles. The molecule has 0 N–H and O–H groups in total. The van der Waals surface area contributed by atoms with Crippen molar-refractivity contribution < 1.29 is 27.0 Å². The Morgan fingerprint density at radius 2 is 1.86 bits per heavy atom. The highest BCUT2D eigenvalue weighted by atomic mass is 79.9. The number of aromatic nitrogens is 1. The van der Waals surface area contributed by atoms with Crippen LogP contribution >= 0.6 is 15.9 Å². The van der Waals surface area contributed by atoms with Crippen LogP contribution in [0.15, 0.2) is 34.9 Å². The molecule has 1 heterocycles. The van der Waals surface area contributed by atoms with Crippen molar-refractivity contribution in [3.05, 3.63) is 46.3 Å². The molecule has 0 atom stereocenters. The first-order valence-electron chi connectivity index (χ1n) is 5.56. The molecule has 0 bridgehead atoms. The summed E-state index contributed by atoms with van der Waals surface area (Å²) in [4.78, 5) is 3.75. The SMILES string of the molecule is COc1cc(Oc2nc(Br)ccc2F)ccc1C(F)(F)F. The summed E-state index contributed by atoms with van der Waals surface area (Å²) in [5, 5.41) is 0. The number of pyridine rings is 1. The first-order valence-corrected chi connectivity index (χ1v) is 6.35. The van der Waals surface area contributed by atoms with Crippen molar-refractivity contribution in [3.8, 4) is 17.4 Å². The van der Waals surface area contributed by atoms with Crippen LogP contribution in [0.4, 0.5) is 17.6 Å². The van der Waals surface area contributed by atoms with Gasteiger partial charge in [-0.2, -0.15) is 13.2 Å². The summed E-state index contributed by atoms with van der Waals surface area (Å²) in [6, 6.07) is 5.37. The monoisotopic (exact) mass is 365 g/mol. The summed E-state index contributed by atoms with van der Waals surface area (Å²) in [7, 11) is 1.10. The minimum Gasteiger partial charge on any atom is -0.496 e. The van der Waals surface area contributed by atoms with Gasteiger partial charge in [-0.3, -0.25) is 0 Å². The first-order chi connectivity index (χ1) is 9.81. The van der Waals surface area contributed by atoms with Gasteiger partial charge in [0.05, 0.1) is 12.7 Å². The van der Waals surface area contributed by atoms with Gasteiger partial charge in [-0.05, 0) is 40.2 Å². The van der Waals surface area contributed by atoms with Crippen molar-refractivity contribution in [2.75, 3.05) is 7.11 Å². The molecule has 1 aromatic heterocycles. The maximum absolute atomic E-state index is 13.5. The summed E-state index contributed by atoms with van der Waals surface area (Å²) in [6.07, 6.45) is -4.55. The lowest BCUT2D eigenvalue weighted by Crippen LogP contribution is -2.07. The fraction of sp³-hybridized carbons (Fsp3) is 0.154. The smallest absolute Gasteiger partial charge is 0.419 e. The minimum absolute atomic E-state index is 0.0237. The van der Waals surface area contributed by atoms with Crippen molar-refractivity contribution in [3.63, 3.8) is 0 Å². The lowest BCUT2D eigenvalue weighted by Gasteiger charge is -2.13. The van der Waals surface area contributed by atoms with Crippen LogP contribution in [0.1, 0.15) is 5.56 Å². The average molecular weight is 366 g/mol. The van der Waals surface area contributed by atoms with Crippen LogP contribution in [-0.4, -0.2) is 12.1 Å². The minimum atomic E-state index is -4.55. The first kappa shape index (κ1) is 15.6. The molecule has 2 aromatic rings. The van der Waals surface area contributed by atoms with Gasteiger partial charge >= 0.3 is 6.18 Å². The Hall–Kier alpha value is -1.83. The van der Waals surface area contributed by atoms with Crippen LogP contribution < -0.4 is 9.47 Å². The highest BCUT2D eigenvalue weighted by Crippen LogP contribution is 2.38. The number of ether oxygens (including phenoxy) is 2. The molecule has 0 saturated carbocycles. The fourth-order valence-electron chi connectivity index (χ4n) is 1.55. The van der Waals surface area contributed by atoms with E-state index in [1.165, 1.54) is 6.07 Å². The molecule has 112 valence electrons. The third-order valence-electron chi connectivity index (χ3n) is 2.47. The fourth-order valence-corrected chi connectivity index (χ4v) is 1.85. The average Bonchev–Trinajstić information content (AvgIpc) is 2.41. The number of benzene rings is 1. The second-order valence-corrected chi connectivity index (χ2v) is 4.70. The molecular weight excluding hydrogens is 358 g/mol. The van der Waals surface area contributed by atoms with Crippen LogP contribution in [-0.2, 0) is 6.18 Å². The second kappa shape index (κ2) is 5.88. The number of halogens is 5. The molecule has 0 fully saturated rings. The largest absolute Gasteiger partial charge is 0.496 e. The highest BCUT2D eigenvalue weighted by Gasteiger charge is 2.34. The molecule has 0 unspecified atom stereocenters. The molecule has 0 aliphatic rings. The highest BCUT2D eigenvalue weighted by molar-refractivity contribution is 9.10. The third kappa shape index (κ3) is 3.63. The van der Waals surface area contributed by atoms with E-state index in [0.717, 1.165) is 31.4 Å². The lowest BCUT2D eigenvalue weighted by atomic mass is 10.2. The van der Waals surface area contributed by atoms with Gasteiger partial charge in [0.2, 0.25) is 0 Å². The van der Waals surface area contributed by atoms with Gasteiger partial charge in [-0.1, -0.05) is 0 Å². The summed E-state index contributed by atoms with van der Waals surface area (Å²) in [5.74, 6) is -1.54. The molecule has 0 amide bonds. The topological polar surface area (TPSA) is 31.4 Å². The van der Waals surface area contributed by atoms with E-state index in [-0.39, 0.29) is 11.6 Å². The second-order valence-electron chi connectivity index (χ2n) is 3.88. The summed E-state index contributed by atoms with van der Waals surface area (Å²) in [6.45, 7) is 0. The van der Waals surface area contributed by atoms with E-state index >= 15 is 0 Å². The number of rotatable bonds is 3. The van der Waals surface area contributed by atoms with Crippen molar-refractivity contribution in [2.24, 2.45) is 0 Å². The van der Waals surface area contributed by atoms with E-state index in [1.807, 2.05) is 0 Å². The predicted octanol–water partition coefficient (Wildman–Crippen LogP) is 4.80. The van der Waals surface area contributed by atoms with Crippen molar-refractivity contribution >= 4 is 15.9 Å². The van der Waals surface area contributed by atoms with Crippen LogP contribution in [0.2, 0.25) is 0 Å². The van der Waals surface area contributed by atoms with Crippen LogP contribution in [0.25, 0.3) is 0 Å².